The van der Waals surface area contributed by atoms with E-state index >= 15 is 0 Å². The summed E-state index contributed by atoms with van der Waals surface area (Å²) in [7, 11) is 0. The average Bonchev–Trinajstić information content (AvgIpc) is 3.04. The summed E-state index contributed by atoms with van der Waals surface area (Å²) < 4.78 is 41.8. The third-order valence-electron chi connectivity index (χ3n) is 4.75. The SMILES string of the molecule is NC(=O)CSc1nc2sc3c(c2c(=O)n1-c1ccccc1C(F)(F)F)CCCC3. The number of hydrogen-bond acceptors (Lipinski definition) is 5. The Morgan fingerprint density at radius 3 is 2.69 bits per heavy atom. The van der Waals surface area contributed by atoms with Gasteiger partial charge in [0, 0.05) is 4.88 Å². The number of aryl methyl sites for hydroxylation is 2. The van der Waals surface area contributed by atoms with E-state index in [2.05, 4.69) is 4.98 Å². The first-order valence-corrected chi connectivity index (χ1v) is 10.7. The number of nitrogens with zero attached hydrogens (tertiary/aromatic N) is 2. The van der Waals surface area contributed by atoms with E-state index in [9.17, 15) is 22.8 Å². The quantitative estimate of drug-likeness (QED) is 0.494. The molecule has 1 amide bonds. The van der Waals surface area contributed by atoms with Gasteiger partial charge in [-0.3, -0.25) is 14.2 Å². The molecule has 1 aromatic carbocycles. The number of thioether (sulfide) groups is 1. The Hall–Kier alpha value is -2.33. The molecule has 3 aromatic rings. The second-order valence-electron chi connectivity index (χ2n) is 6.70. The third-order valence-corrected chi connectivity index (χ3v) is 6.90. The molecule has 0 aliphatic heterocycles. The molecule has 0 radical (unpaired) electrons. The molecule has 0 fully saturated rings. The molecule has 4 rings (SSSR count). The van der Waals surface area contributed by atoms with Crippen LogP contribution in [0, 0.1) is 0 Å². The maximum atomic E-state index is 13.6. The standard InChI is InChI=1S/C19H16F3N3O2S2/c20-19(21,22)11-6-2-3-7-12(11)25-17(27)15-10-5-1-4-8-13(10)29-16(15)24-18(25)28-9-14(23)26/h2-3,6-7H,1,4-5,8-9H2,(H2,23,26). The number of amides is 1. The van der Waals surface area contributed by atoms with Gasteiger partial charge in [-0.05, 0) is 43.4 Å². The molecule has 152 valence electrons. The van der Waals surface area contributed by atoms with Crippen molar-refractivity contribution in [3.63, 3.8) is 0 Å². The first-order chi connectivity index (χ1) is 13.8. The lowest BCUT2D eigenvalue weighted by atomic mass is 9.97. The van der Waals surface area contributed by atoms with Gasteiger partial charge in [0.05, 0.1) is 22.4 Å². The fourth-order valence-corrected chi connectivity index (χ4v) is 5.59. The smallest absolute Gasteiger partial charge is 0.369 e. The van der Waals surface area contributed by atoms with Crippen LogP contribution in [0.4, 0.5) is 13.2 Å². The number of benzene rings is 1. The molecular formula is C19H16F3N3O2S2. The monoisotopic (exact) mass is 439 g/mol. The fraction of sp³-hybridized carbons (Fsp3) is 0.316. The van der Waals surface area contributed by atoms with E-state index in [4.69, 9.17) is 5.73 Å². The summed E-state index contributed by atoms with van der Waals surface area (Å²) in [6.45, 7) is 0. The van der Waals surface area contributed by atoms with Crippen molar-refractivity contribution >= 4 is 39.2 Å². The van der Waals surface area contributed by atoms with Crippen molar-refractivity contribution in [3.8, 4) is 5.69 Å². The van der Waals surface area contributed by atoms with Crippen LogP contribution in [0.25, 0.3) is 15.9 Å². The number of para-hydroxylation sites is 1. The molecule has 0 saturated carbocycles. The maximum absolute atomic E-state index is 13.6. The number of carbonyl (C=O) groups excluding carboxylic acids is 1. The van der Waals surface area contributed by atoms with Crippen molar-refractivity contribution < 1.29 is 18.0 Å². The highest BCUT2D eigenvalue weighted by Crippen LogP contribution is 2.37. The van der Waals surface area contributed by atoms with Crippen LogP contribution in [0.3, 0.4) is 0 Å². The number of halogens is 3. The lowest BCUT2D eigenvalue weighted by Crippen LogP contribution is -2.25. The second kappa shape index (κ2) is 7.49. The van der Waals surface area contributed by atoms with Crippen LogP contribution >= 0.6 is 23.1 Å². The molecule has 0 spiro atoms. The summed E-state index contributed by atoms with van der Waals surface area (Å²) in [4.78, 5) is 30.7. The van der Waals surface area contributed by atoms with Crippen LogP contribution in [0.2, 0.25) is 0 Å². The Morgan fingerprint density at radius 2 is 1.97 bits per heavy atom. The summed E-state index contributed by atoms with van der Waals surface area (Å²) in [6.07, 6.45) is -1.17. The number of rotatable bonds is 4. The predicted octanol–water partition coefficient (Wildman–Crippen LogP) is 3.92. The Balaban J connectivity index is 2.04. The van der Waals surface area contributed by atoms with E-state index in [1.807, 2.05) is 0 Å². The van der Waals surface area contributed by atoms with Gasteiger partial charge in [-0.25, -0.2) is 4.98 Å². The van der Waals surface area contributed by atoms with Gasteiger partial charge >= 0.3 is 6.18 Å². The zero-order valence-corrected chi connectivity index (χ0v) is 16.7. The highest BCUT2D eigenvalue weighted by molar-refractivity contribution is 7.99. The summed E-state index contributed by atoms with van der Waals surface area (Å²) in [5, 5.41) is 0.404. The number of alkyl halides is 3. The summed E-state index contributed by atoms with van der Waals surface area (Å²) in [5.41, 5.74) is 4.31. The minimum atomic E-state index is -4.65. The van der Waals surface area contributed by atoms with Crippen molar-refractivity contribution in [2.75, 3.05) is 5.75 Å². The van der Waals surface area contributed by atoms with Gasteiger partial charge in [-0.2, -0.15) is 13.2 Å². The predicted molar refractivity (Wildman–Crippen MR) is 107 cm³/mol. The summed E-state index contributed by atoms with van der Waals surface area (Å²) >= 11 is 2.26. The fourth-order valence-electron chi connectivity index (χ4n) is 3.54. The zero-order chi connectivity index (χ0) is 20.8. The van der Waals surface area contributed by atoms with Crippen molar-refractivity contribution in [3.05, 3.63) is 50.6 Å². The normalized spacial score (nSPS) is 14.2. The van der Waals surface area contributed by atoms with Crippen molar-refractivity contribution in [2.24, 2.45) is 5.73 Å². The Labute approximate surface area is 171 Å². The van der Waals surface area contributed by atoms with Crippen LogP contribution in [-0.4, -0.2) is 21.2 Å². The maximum Gasteiger partial charge on any atom is 0.418 e. The average molecular weight is 439 g/mol. The van der Waals surface area contributed by atoms with Crippen LogP contribution in [-0.2, 0) is 23.8 Å². The molecule has 2 aromatic heterocycles. The summed E-state index contributed by atoms with van der Waals surface area (Å²) in [5.74, 6) is -0.845. The number of nitrogens with two attached hydrogens (primary N) is 1. The van der Waals surface area contributed by atoms with Crippen LogP contribution in [0.1, 0.15) is 28.8 Å². The first kappa shape index (κ1) is 20.0. The number of hydrogen-bond donors (Lipinski definition) is 1. The molecule has 10 heteroatoms. The molecule has 5 nitrogen and oxygen atoms in total. The highest BCUT2D eigenvalue weighted by Gasteiger charge is 2.35. The first-order valence-electron chi connectivity index (χ1n) is 8.92. The van der Waals surface area contributed by atoms with E-state index in [0.717, 1.165) is 52.1 Å². The minimum absolute atomic E-state index is 0.0246. The molecule has 0 saturated heterocycles. The Bertz CT molecular complexity index is 1170. The molecule has 1 aliphatic rings. The van der Waals surface area contributed by atoms with Crippen molar-refractivity contribution in [1.29, 1.82) is 0 Å². The zero-order valence-electron chi connectivity index (χ0n) is 15.1. The lowest BCUT2D eigenvalue weighted by Gasteiger charge is -2.17. The minimum Gasteiger partial charge on any atom is -0.369 e. The van der Waals surface area contributed by atoms with Gasteiger partial charge < -0.3 is 5.73 Å². The van der Waals surface area contributed by atoms with E-state index in [0.29, 0.717) is 16.6 Å². The Kier molecular flexibility index (Phi) is 5.16. The highest BCUT2D eigenvalue weighted by atomic mass is 32.2. The molecule has 0 unspecified atom stereocenters. The lowest BCUT2D eigenvalue weighted by molar-refractivity contribution is -0.137. The topological polar surface area (TPSA) is 78.0 Å². The van der Waals surface area contributed by atoms with Crippen molar-refractivity contribution in [2.45, 2.75) is 37.0 Å². The van der Waals surface area contributed by atoms with Crippen LogP contribution in [0.5, 0.6) is 0 Å². The number of aromatic nitrogens is 2. The molecule has 0 bridgehead atoms. The molecule has 29 heavy (non-hydrogen) atoms. The van der Waals surface area contributed by atoms with Gasteiger partial charge in [0.15, 0.2) is 5.16 Å². The van der Waals surface area contributed by atoms with Crippen molar-refractivity contribution in [1.82, 2.24) is 9.55 Å². The van der Waals surface area contributed by atoms with Gasteiger partial charge in [-0.1, -0.05) is 23.9 Å². The van der Waals surface area contributed by atoms with Gasteiger partial charge in [-0.15, -0.1) is 11.3 Å². The summed E-state index contributed by atoms with van der Waals surface area (Å²) in [6, 6.07) is 4.88. The largest absolute Gasteiger partial charge is 0.418 e. The number of primary amides is 1. The van der Waals surface area contributed by atoms with E-state index < -0.39 is 23.2 Å². The Morgan fingerprint density at radius 1 is 1.24 bits per heavy atom. The van der Waals surface area contributed by atoms with Gasteiger partial charge in [0.25, 0.3) is 5.56 Å². The molecule has 0 atom stereocenters. The van der Waals surface area contributed by atoms with Gasteiger partial charge in [0.2, 0.25) is 5.91 Å². The molecule has 1 aliphatic carbocycles. The van der Waals surface area contributed by atoms with Crippen LogP contribution in [0.15, 0.2) is 34.2 Å². The number of thiophene rings is 1. The number of carbonyl (C=O) groups is 1. The molecule has 2 heterocycles. The second-order valence-corrected chi connectivity index (χ2v) is 8.72. The molecule has 2 N–H and O–H groups in total. The van der Waals surface area contributed by atoms with Gasteiger partial charge in [0.1, 0.15) is 4.83 Å². The number of fused-ring (bicyclic) bond motifs is 3. The van der Waals surface area contributed by atoms with E-state index in [1.165, 1.54) is 29.5 Å². The molecular weight excluding hydrogens is 423 g/mol. The van der Waals surface area contributed by atoms with E-state index in [-0.39, 0.29) is 16.6 Å². The third kappa shape index (κ3) is 3.66. The van der Waals surface area contributed by atoms with Crippen LogP contribution < -0.4 is 11.3 Å². The van der Waals surface area contributed by atoms with E-state index in [1.54, 1.807) is 0 Å².